The average Bonchev–Trinajstić information content (AvgIpc) is 3.26. The second-order valence-corrected chi connectivity index (χ2v) is 5.78. The minimum atomic E-state index is -4.39. The Morgan fingerprint density at radius 3 is 2.81 bits per heavy atom. The molecule has 2 aromatic heterocycles. The number of furan rings is 1. The molecular weight excluding hydrogens is 347 g/mol. The van der Waals surface area contributed by atoms with Crippen molar-refractivity contribution in [3.63, 3.8) is 0 Å². The van der Waals surface area contributed by atoms with Crippen molar-refractivity contribution in [2.75, 3.05) is 5.32 Å². The maximum Gasteiger partial charge on any atom is 0.416 e. The molecule has 0 unspecified atom stereocenters. The Bertz CT molecular complexity index is 856. The zero-order valence-corrected chi connectivity index (χ0v) is 14.1. The van der Waals surface area contributed by atoms with E-state index in [0.717, 1.165) is 25.0 Å². The van der Waals surface area contributed by atoms with Crippen molar-refractivity contribution < 1.29 is 17.6 Å². The minimum Gasteiger partial charge on any atom is -0.459 e. The summed E-state index contributed by atoms with van der Waals surface area (Å²) in [5.41, 5.74) is -0.333. The zero-order valence-electron chi connectivity index (χ0n) is 14.1. The van der Waals surface area contributed by atoms with Gasteiger partial charge in [0.15, 0.2) is 0 Å². The van der Waals surface area contributed by atoms with Gasteiger partial charge in [0.05, 0.1) is 12.1 Å². The highest BCUT2D eigenvalue weighted by atomic mass is 19.4. The molecule has 3 aromatic rings. The van der Waals surface area contributed by atoms with Gasteiger partial charge in [-0.1, -0.05) is 30.6 Å². The van der Waals surface area contributed by atoms with Gasteiger partial charge in [-0.05, 0) is 41.1 Å². The number of nitrogens with one attached hydrogen (secondary N) is 1. The Hall–Kier alpha value is -2.84. The topological polar surface area (TPSA) is 68.8 Å². The summed E-state index contributed by atoms with van der Waals surface area (Å²) >= 11 is 0. The van der Waals surface area contributed by atoms with Gasteiger partial charge >= 0.3 is 6.18 Å². The molecule has 3 rings (SSSR count). The SMILES string of the molecule is CCCCn1nnnc1NCc1ccc(-c2cccc(C(F)(F)F)c2)o1. The number of rotatable bonds is 7. The fraction of sp³-hybridized carbons (Fsp3) is 0.353. The van der Waals surface area contributed by atoms with Crippen LogP contribution in [0.25, 0.3) is 11.3 Å². The van der Waals surface area contributed by atoms with Crippen LogP contribution in [0.3, 0.4) is 0 Å². The second-order valence-electron chi connectivity index (χ2n) is 5.78. The predicted molar refractivity (Wildman–Crippen MR) is 89.2 cm³/mol. The summed E-state index contributed by atoms with van der Waals surface area (Å²) in [6.45, 7) is 3.11. The van der Waals surface area contributed by atoms with Crippen LogP contribution in [0, 0.1) is 0 Å². The van der Waals surface area contributed by atoms with Gasteiger partial charge in [-0.2, -0.15) is 13.2 Å². The molecule has 0 aliphatic rings. The molecule has 0 aliphatic heterocycles. The highest BCUT2D eigenvalue weighted by Gasteiger charge is 2.30. The first-order valence-electron chi connectivity index (χ1n) is 8.23. The molecule has 26 heavy (non-hydrogen) atoms. The van der Waals surface area contributed by atoms with Crippen molar-refractivity contribution >= 4 is 5.95 Å². The second kappa shape index (κ2) is 7.59. The molecule has 0 saturated heterocycles. The van der Waals surface area contributed by atoms with E-state index in [2.05, 4.69) is 27.8 Å². The van der Waals surface area contributed by atoms with Crippen LogP contribution in [0.1, 0.15) is 31.1 Å². The third-order valence-corrected chi connectivity index (χ3v) is 3.81. The molecule has 138 valence electrons. The highest BCUT2D eigenvalue weighted by molar-refractivity contribution is 5.59. The summed E-state index contributed by atoms with van der Waals surface area (Å²) in [5, 5.41) is 14.5. The summed E-state index contributed by atoms with van der Waals surface area (Å²) in [6.07, 6.45) is -2.40. The van der Waals surface area contributed by atoms with E-state index in [1.807, 2.05) is 0 Å². The van der Waals surface area contributed by atoms with Crippen LogP contribution < -0.4 is 5.32 Å². The smallest absolute Gasteiger partial charge is 0.416 e. The molecule has 0 spiro atoms. The lowest BCUT2D eigenvalue weighted by molar-refractivity contribution is -0.137. The third kappa shape index (κ3) is 4.22. The zero-order chi connectivity index (χ0) is 18.6. The number of benzene rings is 1. The lowest BCUT2D eigenvalue weighted by atomic mass is 10.1. The molecule has 0 saturated carbocycles. The largest absolute Gasteiger partial charge is 0.459 e. The Balaban J connectivity index is 1.68. The van der Waals surface area contributed by atoms with Gasteiger partial charge in [-0.25, -0.2) is 4.68 Å². The van der Waals surface area contributed by atoms with E-state index in [1.54, 1.807) is 22.9 Å². The molecule has 0 radical (unpaired) electrons. The number of aromatic nitrogens is 4. The number of aryl methyl sites for hydroxylation is 1. The maximum atomic E-state index is 12.8. The third-order valence-electron chi connectivity index (χ3n) is 3.81. The van der Waals surface area contributed by atoms with Gasteiger partial charge < -0.3 is 9.73 Å². The summed E-state index contributed by atoms with van der Waals surface area (Å²) in [5.74, 6) is 1.47. The molecule has 2 heterocycles. The summed E-state index contributed by atoms with van der Waals surface area (Å²) in [7, 11) is 0. The lowest BCUT2D eigenvalue weighted by Gasteiger charge is -2.07. The van der Waals surface area contributed by atoms with Crippen molar-refractivity contribution in [3.05, 3.63) is 47.7 Å². The summed E-state index contributed by atoms with van der Waals surface area (Å²) in [6, 6.07) is 8.40. The van der Waals surface area contributed by atoms with Crippen LogP contribution in [0.2, 0.25) is 0 Å². The van der Waals surface area contributed by atoms with Crippen LogP contribution >= 0.6 is 0 Å². The molecule has 6 nitrogen and oxygen atoms in total. The molecule has 9 heteroatoms. The molecular formula is C17H18F3N5O. The van der Waals surface area contributed by atoms with Gasteiger partial charge in [0.1, 0.15) is 11.5 Å². The quantitative estimate of drug-likeness (QED) is 0.674. The van der Waals surface area contributed by atoms with Crippen LogP contribution in [0.5, 0.6) is 0 Å². The van der Waals surface area contributed by atoms with Crippen molar-refractivity contribution in [2.45, 2.75) is 39.0 Å². The van der Waals surface area contributed by atoms with Crippen molar-refractivity contribution in [2.24, 2.45) is 0 Å². The van der Waals surface area contributed by atoms with Crippen LogP contribution in [0.15, 0.2) is 40.8 Å². The van der Waals surface area contributed by atoms with Gasteiger partial charge in [0.25, 0.3) is 0 Å². The van der Waals surface area contributed by atoms with Gasteiger partial charge in [-0.3, -0.25) is 0 Å². The normalized spacial score (nSPS) is 11.7. The number of halogens is 3. The molecule has 0 atom stereocenters. The maximum absolute atomic E-state index is 12.8. The molecule has 0 bridgehead atoms. The molecule has 1 N–H and O–H groups in total. The fourth-order valence-corrected chi connectivity index (χ4v) is 2.43. The molecule has 0 amide bonds. The van der Waals surface area contributed by atoms with Crippen LogP contribution in [0.4, 0.5) is 19.1 Å². The first-order chi connectivity index (χ1) is 12.5. The van der Waals surface area contributed by atoms with Gasteiger partial charge in [-0.15, -0.1) is 0 Å². The predicted octanol–water partition coefficient (Wildman–Crippen LogP) is 4.36. The average molecular weight is 365 g/mol. The number of hydrogen-bond acceptors (Lipinski definition) is 5. The van der Waals surface area contributed by atoms with E-state index in [0.29, 0.717) is 36.1 Å². The van der Waals surface area contributed by atoms with Crippen molar-refractivity contribution in [1.29, 1.82) is 0 Å². The first kappa shape index (κ1) is 18.0. The number of unbranched alkanes of at least 4 members (excludes halogenated alkanes) is 1. The van der Waals surface area contributed by atoms with Crippen molar-refractivity contribution in [1.82, 2.24) is 20.2 Å². The van der Waals surface area contributed by atoms with E-state index >= 15 is 0 Å². The molecule has 1 aromatic carbocycles. The molecule has 0 fully saturated rings. The van der Waals surface area contributed by atoms with Gasteiger partial charge in [0, 0.05) is 12.1 Å². The summed E-state index contributed by atoms with van der Waals surface area (Å²) < 4.78 is 45.8. The van der Waals surface area contributed by atoms with E-state index in [9.17, 15) is 13.2 Å². The Kier molecular flexibility index (Phi) is 5.24. The minimum absolute atomic E-state index is 0.325. The monoisotopic (exact) mass is 365 g/mol. The Morgan fingerprint density at radius 1 is 1.19 bits per heavy atom. The van der Waals surface area contributed by atoms with Gasteiger partial charge in [0.2, 0.25) is 5.95 Å². The standard InChI is InChI=1S/C17H18F3N5O/c1-2-3-9-25-16(22-23-24-25)21-11-14-7-8-15(26-14)12-5-4-6-13(10-12)17(18,19)20/h4-8,10H,2-3,9,11H2,1H3,(H,21,22,24). The van der Waals surface area contributed by atoms with E-state index in [-0.39, 0.29) is 0 Å². The number of tetrazole rings is 1. The highest BCUT2D eigenvalue weighted by Crippen LogP contribution is 2.32. The molecule has 0 aliphatic carbocycles. The first-order valence-corrected chi connectivity index (χ1v) is 8.23. The number of alkyl halides is 3. The van der Waals surface area contributed by atoms with E-state index < -0.39 is 11.7 Å². The fourth-order valence-electron chi connectivity index (χ4n) is 2.43. The van der Waals surface area contributed by atoms with E-state index in [1.165, 1.54) is 6.07 Å². The lowest BCUT2D eigenvalue weighted by Crippen LogP contribution is -2.08. The van der Waals surface area contributed by atoms with Crippen LogP contribution in [-0.4, -0.2) is 20.2 Å². The number of anilines is 1. The van der Waals surface area contributed by atoms with Crippen LogP contribution in [-0.2, 0) is 19.3 Å². The Morgan fingerprint density at radius 2 is 2.04 bits per heavy atom. The number of hydrogen-bond donors (Lipinski definition) is 1. The Labute approximate surface area is 148 Å². The van der Waals surface area contributed by atoms with Crippen molar-refractivity contribution in [3.8, 4) is 11.3 Å². The summed E-state index contributed by atoms with van der Waals surface area (Å²) in [4.78, 5) is 0. The number of nitrogens with zero attached hydrogens (tertiary/aromatic N) is 4. The van der Waals surface area contributed by atoms with E-state index in [4.69, 9.17) is 4.42 Å².